The number of hydrogen-bond acceptors (Lipinski definition) is 3. The fourth-order valence-corrected chi connectivity index (χ4v) is 3.99. The minimum Gasteiger partial charge on any atom is -0.365 e. The van der Waals surface area contributed by atoms with Crippen LogP contribution in [0.25, 0.3) is 0 Å². The highest BCUT2D eigenvalue weighted by Crippen LogP contribution is 2.34. The van der Waals surface area contributed by atoms with Gasteiger partial charge in [0, 0.05) is 18.6 Å². The van der Waals surface area contributed by atoms with Crippen LogP contribution in [0.3, 0.4) is 0 Å². The Labute approximate surface area is 133 Å². The molecule has 0 bridgehead atoms. The van der Waals surface area contributed by atoms with Gasteiger partial charge >= 0.3 is 0 Å². The van der Waals surface area contributed by atoms with E-state index in [4.69, 9.17) is 5.26 Å². The van der Waals surface area contributed by atoms with Crippen LogP contribution in [-0.4, -0.2) is 25.2 Å². The second-order valence-electron chi connectivity index (χ2n) is 5.83. The number of anilines is 1. The van der Waals surface area contributed by atoms with E-state index in [1.807, 2.05) is 6.07 Å². The molecule has 0 aliphatic carbocycles. The number of nitrogens with zero attached hydrogens (tertiary/aromatic N) is 2. The molecule has 2 unspecified atom stereocenters. The highest BCUT2D eigenvalue weighted by molar-refractivity contribution is 9.10. The SMILES string of the molecule is N#Cc1ccc(N2CCCCC2C2CCCN2)c(F)c1Br. The van der Waals surface area contributed by atoms with Crippen LogP contribution in [0.2, 0.25) is 0 Å². The molecule has 2 heterocycles. The van der Waals surface area contributed by atoms with Crippen LogP contribution in [0.15, 0.2) is 16.6 Å². The Morgan fingerprint density at radius 3 is 2.86 bits per heavy atom. The molecule has 2 aliphatic rings. The molecule has 2 aliphatic heterocycles. The monoisotopic (exact) mass is 351 g/mol. The molecule has 3 nitrogen and oxygen atoms in total. The van der Waals surface area contributed by atoms with Crippen molar-refractivity contribution in [2.75, 3.05) is 18.0 Å². The standard InChI is InChI=1S/C16H19BrFN3/c17-15-11(10-19)6-7-14(16(15)18)21-9-2-1-5-13(21)12-4-3-8-20-12/h6-7,12-13,20H,1-5,8-9H2. The maximum atomic E-state index is 14.6. The molecule has 2 saturated heterocycles. The van der Waals surface area contributed by atoms with E-state index in [9.17, 15) is 4.39 Å². The maximum absolute atomic E-state index is 14.6. The molecule has 0 aromatic heterocycles. The number of benzene rings is 1. The molecule has 0 radical (unpaired) electrons. The molecule has 1 aromatic carbocycles. The van der Waals surface area contributed by atoms with E-state index in [0.717, 1.165) is 25.9 Å². The van der Waals surface area contributed by atoms with Gasteiger partial charge in [0.25, 0.3) is 0 Å². The summed E-state index contributed by atoms with van der Waals surface area (Å²) < 4.78 is 14.9. The predicted molar refractivity (Wildman–Crippen MR) is 84.8 cm³/mol. The number of nitrogens with one attached hydrogen (secondary N) is 1. The van der Waals surface area contributed by atoms with Crippen LogP contribution >= 0.6 is 15.9 Å². The van der Waals surface area contributed by atoms with Gasteiger partial charge in [0.1, 0.15) is 6.07 Å². The van der Waals surface area contributed by atoms with Gasteiger partial charge in [-0.15, -0.1) is 0 Å². The molecule has 0 saturated carbocycles. The number of halogens is 2. The summed E-state index contributed by atoms with van der Waals surface area (Å²) in [6.07, 6.45) is 5.78. The van der Waals surface area contributed by atoms with E-state index in [2.05, 4.69) is 26.1 Å². The van der Waals surface area contributed by atoms with Gasteiger partial charge in [0.15, 0.2) is 5.82 Å². The van der Waals surface area contributed by atoms with E-state index in [1.54, 1.807) is 12.1 Å². The Hall–Kier alpha value is -1.12. The van der Waals surface area contributed by atoms with Gasteiger partial charge in [-0.1, -0.05) is 0 Å². The zero-order valence-electron chi connectivity index (χ0n) is 11.9. The van der Waals surface area contributed by atoms with Gasteiger partial charge in [0.2, 0.25) is 0 Å². The molecule has 0 spiro atoms. The summed E-state index contributed by atoms with van der Waals surface area (Å²) in [6, 6.07) is 6.29. The van der Waals surface area contributed by atoms with Crippen LogP contribution in [0, 0.1) is 17.1 Å². The van der Waals surface area contributed by atoms with E-state index >= 15 is 0 Å². The summed E-state index contributed by atoms with van der Waals surface area (Å²) in [4.78, 5) is 2.20. The highest BCUT2D eigenvalue weighted by atomic mass is 79.9. The number of rotatable bonds is 2. The lowest BCUT2D eigenvalue weighted by molar-refractivity contribution is 0.374. The third-order valence-electron chi connectivity index (χ3n) is 4.60. The Kier molecular flexibility index (Phi) is 4.46. The van der Waals surface area contributed by atoms with Crippen LogP contribution in [0.1, 0.15) is 37.7 Å². The lowest BCUT2D eigenvalue weighted by Gasteiger charge is -2.41. The van der Waals surface area contributed by atoms with Crippen LogP contribution < -0.4 is 10.2 Å². The van der Waals surface area contributed by atoms with Crippen molar-refractivity contribution < 1.29 is 4.39 Å². The molecule has 1 aromatic rings. The molecular formula is C16H19BrFN3. The third-order valence-corrected chi connectivity index (χ3v) is 5.38. The van der Waals surface area contributed by atoms with Crippen molar-refractivity contribution in [2.24, 2.45) is 0 Å². The molecule has 3 rings (SSSR count). The van der Waals surface area contributed by atoms with Crippen molar-refractivity contribution in [1.82, 2.24) is 5.32 Å². The summed E-state index contributed by atoms with van der Waals surface area (Å²) in [5.74, 6) is -0.307. The highest BCUT2D eigenvalue weighted by Gasteiger charge is 2.33. The predicted octanol–water partition coefficient (Wildman–Crippen LogP) is 3.57. The van der Waals surface area contributed by atoms with Gasteiger partial charge < -0.3 is 10.2 Å². The van der Waals surface area contributed by atoms with E-state index in [1.165, 1.54) is 19.3 Å². The molecule has 21 heavy (non-hydrogen) atoms. The lowest BCUT2D eigenvalue weighted by Crippen LogP contribution is -2.50. The first-order valence-corrected chi connectivity index (χ1v) is 8.40. The molecule has 1 N–H and O–H groups in total. The van der Waals surface area contributed by atoms with Crippen molar-refractivity contribution in [3.63, 3.8) is 0 Å². The molecule has 5 heteroatoms. The first-order chi connectivity index (χ1) is 10.2. The number of nitriles is 1. The van der Waals surface area contributed by atoms with E-state index in [-0.39, 0.29) is 10.3 Å². The lowest BCUT2D eigenvalue weighted by atomic mass is 9.93. The topological polar surface area (TPSA) is 39.1 Å². The number of piperidine rings is 1. The summed E-state index contributed by atoms with van der Waals surface area (Å²) in [5, 5.41) is 12.6. The zero-order valence-corrected chi connectivity index (χ0v) is 13.5. The van der Waals surface area contributed by atoms with Crippen molar-refractivity contribution >= 4 is 21.6 Å². The molecular weight excluding hydrogens is 333 g/mol. The second kappa shape index (κ2) is 6.33. The normalized spacial score (nSPS) is 25.9. The van der Waals surface area contributed by atoms with Crippen LogP contribution in [-0.2, 0) is 0 Å². The smallest absolute Gasteiger partial charge is 0.161 e. The minimum absolute atomic E-state index is 0.284. The van der Waals surface area contributed by atoms with Crippen molar-refractivity contribution in [2.45, 2.75) is 44.2 Å². The van der Waals surface area contributed by atoms with Crippen LogP contribution in [0.5, 0.6) is 0 Å². The van der Waals surface area contributed by atoms with E-state index < -0.39 is 0 Å². The average molecular weight is 352 g/mol. The quantitative estimate of drug-likeness (QED) is 0.885. The third kappa shape index (κ3) is 2.79. The fourth-order valence-electron chi connectivity index (χ4n) is 3.56. The Balaban J connectivity index is 1.93. The first-order valence-electron chi connectivity index (χ1n) is 7.60. The largest absolute Gasteiger partial charge is 0.365 e. The van der Waals surface area contributed by atoms with Crippen LogP contribution in [0.4, 0.5) is 10.1 Å². The Morgan fingerprint density at radius 1 is 1.29 bits per heavy atom. The zero-order chi connectivity index (χ0) is 14.8. The molecule has 0 amide bonds. The fraction of sp³-hybridized carbons (Fsp3) is 0.562. The van der Waals surface area contributed by atoms with Gasteiger partial charge in [-0.2, -0.15) is 5.26 Å². The Bertz CT molecular complexity index is 563. The van der Waals surface area contributed by atoms with Gasteiger partial charge in [0.05, 0.1) is 15.7 Å². The Morgan fingerprint density at radius 2 is 2.14 bits per heavy atom. The summed E-state index contributed by atoms with van der Waals surface area (Å²) in [5.41, 5.74) is 0.975. The molecule has 2 fully saturated rings. The van der Waals surface area contributed by atoms with Gasteiger partial charge in [-0.05, 0) is 66.7 Å². The molecule has 112 valence electrons. The number of hydrogen-bond donors (Lipinski definition) is 1. The minimum atomic E-state index is -0.307. The average Bonchev–Trinajstić information content (AvgIpc) is 3.04. The second-order valence-corrected chi connectivity index (χ2v) is 6.62. The summed E-state index contributed by atoms with van der Waals surface area (Å²) in [6.45, 7) is 1.95. The summed E-state index contributed by atoms with van der Waals surface area (Å²) >= 11 is 3.22. The van der Waals surface area contributed by atoms with Crippen molar-refractivity contribution in [1.29, 1.82) is 5.26 Å². The summed E-state index contributed by atoms with van der Waals surface area (Å²) in [7, 11) is 0. The van der Waals surface area contributed by atoms with Crippen molar-refractivity contribution in [3.8, 4) is 6.07 Å². The van der Waals surface area contributed by atoms with Crippen molar-refractivity contribution in [3.05, 3.63) is 28.0 Å². The van der Waals surface area contributed by atoms with Gasteiger partial charge in [-0.3, -0.25) is 0 Å². The van der Waals surface area contributed by atoms with Gasteiger partial charge in [-0.25, -0.2) is 4.39 Å². The molecule has 2 atom stereocenters. The maximum Gasteiger partial charge on any atom is 0.161 e. The first kappa shape index (κ1) is 14.8. The van der Waals surface area contributed by atoms with E-state index in [0.29, 0.717) is 23.3 Å².